The van der Waals surface area contributed by atoms with Crippen LogP contribution in [-0.2, 0) is 13.0 Å². The van der Waals surface area contributed by atoms with E-state index in [-0.39, 0.29) is 5.91 Å². The highest BCUT2D eigenvalue weighted by Gasteiger charge is 2.31. The number of aromatic nitrogens is 3. The molecule has 0 radical (unpaired) electrons. The van der Waals surface area contributed by atoms with Gasteiger partial charge in [-0.1, -0.05) is 30.3 Å². The summed E-state index contributed by atoms with van der Waals surface area (Å²) in [5.41, 5.74) is 2.79. The molecule has 4 heterocycles. The van der Waals surface area contributed by atoms with E-state index < -0.39 is 0 Å². The van der Waals surface area contributed by atoms with E-state index in [4.69, 9.17) is 4.98 Å². The first-order chi connectivity index (χ1) is 15.2. The van der Waals surface area contributed by atoms with E-state index in [1.807, 2.05) is 48.4 Å². The van der Waals surface area contributed by atoms with Crippen LogP contribution in [0.25, 0.3) is 4.96 Å². The monoisotopic (exact) mass is 451 g/mol. The highest BCUT2D eigenvalue weighted by molar-refractivity contribution is 7.15. The van der Waals surface area contributed by atoms with Crippen LogP contribution in [0, 0.1) is 0 Å². The van der Waals surface area contributed by atoms with Crippen molar-refractivity contribution in [1.29, 1.82) is 0 Å². The van der Waals surface area contributed by atoms with E-state index in [0.29, 0.717) is 24.8 Å². The summed E-state index contributed by atoms with van der Waals surface area (Å²) in [5, 5.41) is 5.23. The molecule has 1 aliphatic heterocycles. The molecule has 160 valence electrons. The van der Waals surface area contributed by atoms with Gasteiger partial charge >= 0.3 is 0 Å². The number of likely N-dealkylation sites (N-methyl/N-ethyl adjacent to an activating group) is 1. The molecular formula is C23H25N5OS2. The van der Waals surface area contributed by atoms with Gasteiger partial charge in [0, 0.05) is 43.3 Å². The van der Waals surface area contributed by atoms with Gasteiger partial charge in [-0.15, -0.1) is 22.7 Å². The summed E-state index contributed by atoms with van der Waals surface area (Å²) in [6.07, 6.45) is 6.99. The lowest BCUT2D eigenvalue weighted by Crippen LogP contribution is -2.31. The Morgan fingerprint density at radius 3 is 2.90 bits per heavy atom. The van der Waals surface area contributed by atoms with Crippen molar-refractivity contribution in [2.75, 3.05) is 20.1 Å². The Morgan fingerprint density at radius 1 is 1.23 bits per heavy atom. The first-order valence-electron chi connectivity index (χ1n) is 10.6. The molecule has 0 N–H and O–H groups in total. The summed E-state index contributed by atoms with van der Waals surface area (Å²) in [7, 11) is 1.87. The lowest BCUT2D eigenvalue weighted by Gasteiger charge is -2.23. The third-order valence-electron chi connectivity index (χ3n) is 5.94. The molecule has 6 nitrogen and oxygen atoms in total. The topological polar surface area (TPSA) is 53.7 Å². The summed E-state index contributed by atoms with van der Waals surface area (Å²) in [4.78, 5) is 27.8. The van der Waals surface area contributed by atoms with Gasteiger partial charge in [0.05, 0.1) is 11.7 Å². The van der Waals surface area contributed by atoms with Crippen LogP contribution in [-0.4, -0.2) is 50.2 Å². The predicted molar refractivity (Wildman–Crippen MR) is 125 cm³/mol. The number of benzene rings is 1. The number of imidazole rings is 1. The van der Waals surface area contributed by atoms with Crippen molar-refractivity contribution in [2.24, 2.45) is 0 Å². The Morgan fingerprint density at radius 2 is 2.10 bits per heavy atom. The lowest BCUT2D eigenvalue weighted by molar-refractivity contribution is 0.0788. The van der Waals surface area contributed by atoms with Crippen LogP contribution in [0.2, 0.25) is 0 Å². The van der Waals surface area contributed by atoms with Crippen molar-refractivity contribution < 1.29 is 4.79 Å². The van der Waals surface area contributed by atoms with Gasteiger partial charge in [0.25, 0.3) is 5.91 Å². The van der Waals surface area contributed by atoms with Crippen LogP contribution in [0.15, 0.2) is 53.5 Å². The second-order valence-electron chi connectivity index (χ2n) is 7.92. The fraction of sp³-hybridized carbons (Fsp3) is 0.348. The number of thiazole rings is 2. The first kappa shape index (κ1) is 20.4. The van der Waals surface area contributed by atoms with Crippen LogP contribution in [0.1, 0.15) is 45.6 Å². The minimum atomic E-state index is -0.00757. The van der Waals surface area contributed by atoms with Gasteiger partial charge in [-0.3, -0.25) is 14.1 Å². The van der Waals surface area contributed by atoms with Crippen molar-refractivity contribution in [1.82, 2.24) is 24.2 Å². The molecule has 5 rings (SSSR count). The number of likely N-dealkylation sites (tertiary alicyclic amines) is 1. The smallest absolute Gasteiger partial charge is 0.274 e. The Kier molecular flexibility index (Phi) is 5.85. The summed E-state index contributed by atoms with van der Waals surface area (Å²) >= 11 is 3.28. The average molecular weight is 452 g/mol. The molecule has 0 aliphatic carbocycles. The Balaban J connectivity index is 1.37. The number of hydrogen-bond donors (Lipinski definition) is 0. The zero-order valence-electron chi connectivity index (χ0n) is 17.5. The number of nitrogens with zero attached hydrogens (tertiary/aromatic N) is 5. The second-order valence-corrected chi connectivity index (χ2v) is 9.72. The van der Waals surface area contributed by atoms with Crippen LogP contribution >= 0.6 is 22.7 Å². The van der Waals surface area contributed by atoms with Crippen molar-refractivity contribution in [3.05, 3.63) is 75.4 Å². The number of fused-ring (bicyclic) bond motifs is 1. The van der Waals surface area contributed by atoms with Gasteiger partial charge < -0.3 is 4.90 Å². The molecule has 8 heteroatoms. The third-order valence-corrected chi connectivity index (χ3v) is 7.58. The highest BCUT2D eigenvalue weighted by atomic mass is 32.1. The van der Waals surface area contributed by atoms with E-state index in [9.17, 15) is 4.79 Å². The molecule has 0 saturated carbocycles. The molecule has 31 heavy (non-hydrogen) atoms. The third kappa shape index (κ3) is 4.15. The molecule has 0 bridgehead atoms. The molecule has 1 atom stereocenters. The number of rotatable bonds is 7. The van der Waals surface area contributed by atoms with Crippen LogP contribution < -0.4 is 0 Å². The van der Waals surface area contributed by atoms with E-state index >= 15 is 0 Å². The zero-order valence-corrected chi connectivity index (χ0v) is 19.1. The minimum Gasteiger partial charge on any atom is -0.340 e. The second kappa shape index (κ2) is 8.90. The maximum Gasteiger partial charge on any atom is 0.274 e. The molecular weight excluding hydrogens is 426 g/mol. The van der Waals surface area contributed by atoms with Gasteiger partial charge in [0.1, 0.15) is 5.01 Å². The molecule has 0 spiro atoms. The van der Waals surface area contributed by atoms with Gasteiger partial charge in [-0.2, -0.15) is 0 Å². The molecule has 1 saturated heterocycles. The summed E-state index contributed by atoms with van der Waals surface area (Å²) in [6, 6.07) is 10.6. The highest BCUT2D eigenvalue weighted by Crippen LogP contribution is 2.35. The lowest BCUT2D eigenvalue weighted by atomic mass is 10.1. The fourth-order valence-corrected chi connectivity index (χ4v) is 5.80. The first-order valence-corrected chi connectivity index (χ1v) is 12.3. The van der Waals surface area contributed by atoms with Crippen molar-refractivity contribution in [2.45, 2.75) is 31.8 Å². The molecule has 1 amide bonds. The van der Waals surface area contributed by atoms with E-state index in [1.54, 1.807) is 27.6 Å². The Labute approximate surface area is 189 Å². The van der Waals surface area contributed by atoms with Gasteiger partial charge in [0.15, 0.2) is 10.7 Å². The van der Waals surface area contributed by atoms with Crippen molar-refractivity contribution >= 4 is 33.5 Å². The number of hydrogen-bond acceptors (Lipinski definition) is 6. The number of carbonyl (C=O) groups excluding carboxylic acids is 1. The quantitative estimate of drug-likeness (QED) is 0.415. The van der Waals surface area contributed by atoms with E-state index in [0.717, 1.165) is 41.5 Å². The Bertz CT molecular complexity index is 1150. The molecule has 1 aliphatic rings. The minimum absolute atomic E-state index is 0.00757. The van der Waals surface area contributed by atoms with Crippen LogP contribution in [0.5, 0.6) is 0 Å². The summed E-state index contributed by atoms with van der Waals surface area (Å²) in [5.74, 6) is -0.00757. The van der Waals surface area contributed by atoms with Gasteiger partial charge in [0.2, 0.25) is 0 Å². The predicted octanol–water partition coefficient (Wildman–Crippen LogP) is 4.50. The van der Waals surface area contributed by atoms with Crippen LogP contribution in [0.3, 0.4) is 0 Å². The summed E-state index contributed by atoms with van der Waals surface area (Å²) < 4.78 is 2.08. The average Bonchev–Trinajstić information content (AvgIpc) is 3.57. The van der Waals surface area contributed by atoms with Crippen LogP contribution in [0.4, 0.5) is 0 Å². The van der Waals surface area contributed by atoms with Crippen molar-refractivity contribution in [3.8, 4) is 0 Å². The SMILES string of the molecule is CN(CCc1ccccc1)C(=O)c1nc2sccn2c1CN1CCCC1c1nccs1. The van der Waals surface area contributed by atoms with Gasteiger partial charge in [-0.05, 0) is 31.4 Å². The molecule has 1 fully saturated rings. The number of carbonyl (C=O) groups is 1. The summed E-state index contributed by atoms with van der Waals surface area (Å²) in [6.45, 7) is 2.38. The largest absolute Gasteiger partial charge is 0.340 e. The molecule has 1 aromatic carbocycles. The normalized spacial score (nSPS) is 16.9. The molecule has 1 unspecified atom stereocenters. The number of amides is 1. The van der Waals surface area contributed by atoms with E-state index in [2.05, 4.69) is 26.4 Å². The maximum absolute atomic E-state index is 13.4. The molecule has 4 aromatic rings. The van der Waals surface area contributed by atoms with E-state index in [1.165, 1.54) is 5.56 Å². The van der Waals surface area contributed by atoms with Crippen molar-refractivity contribution in [3.63, 3.8) is 0 Å². The maximum atomic E-state index is 13.4. The Hall–Kier alpha value is -2.55. The molecule has 3 aromatic heterocycles. The standard InChI is InChI=1S/C23H25N5OS2/c1-26(12-9-17-6-3-2-4-7-17)22(29)20-19(28-13-15-31-23(28)25-20)16-27-11-5-8-18(27)21-24-10-14-30-21/h2-4,6-7,10,13-15,18H,5,8-9,11-12,16H2,1H3. The van der Waals surface area contributed by atoms with Gasteiger partial charge in [-0.25, -0.2) is 9.97 Å². The zero-order chi connectivity index (χ0) is 21.2. The fourth-order valence-electron chi connectivity index (χ4n) is 4.27.